The molecule has 0 aromatic carbocycles. The highest BCUT2D eigenvalue weighted by Crippen LogP contribution is 2.22. The minimum Gasteiger partial charge on any atom is -0.358 e. The number of hydrogen-bond donors (Lipinski definition) is 2. The molecule has 90 valence electrons. The van der Waals surface area contributed by atoms with Crippen LogP contribution in [0.25, 0.3) is 0 Å². The molecule has 0 spiro atoms. The number of likely N-dealkylation sites (N-methyl/N-ethyl adjacent to an activating group) is 2. The quantitative estimate of drug-likeness (QED) is 0.653. The molecule has 15 heavy (non-hydrogen) atoms. The van der Waals surface area contributed by atoms with Crippen molar-refractivity contribution in [3.05, 3.63) is 0 Å². The molecule has 3 N–H and O–H groups in total. The number of hydrogen-bond acceptors (Lipinski definition) is 3. The monoisotopic (exact) mass is 215 g/mol. The third-order valence-corrected chi connectivity index (χ3v) is 3.36. The summed E-state index contributed by atoms with van der Waals surface area (Å²) in [4.78, 5) is 13.6. The van der Waals surface area contributed by atoms with Crippen molar-refractivity contribution in [2.75, 3.05) is 26.7 Å². The molecule has 0 aromatic heterocycles. The van der Waals surface area contributed by atoms with Crippen LogP contribution in [0.5, 0.6) is 0 Å². The molecule has 0 aliphatic rings. The van der Waals surface area contributed by atoms with E-state index in [0.29, 0.717) is 13.1 Å². The lowest BCUT2D eigenvalue weighted by Gasteiger charge is -2.41. The van der Waals surface area contributed by atoms with Crippen LogP contribution in [0.15, 0.2) is 0 Å². The number of amides is 1. The van der Waals surface area contributed by atoms with E-state index in [-0.39, 0.29) is 11.4 Å². The second-order valence-corrected chi connectivity index (χ2v) is 3.82. The van der Waals surface area contributed by atoms with Gasteiger partial charge < -0.3 is 11.1 Å². The molecule has 0 saturated heterocycles. The summed E-state index contributed by atoms with van der Waals surface area (Å²) in [7, 11) is 1.66. The maximum atomic E-state index is 11.4. The van der Waals surface area contributed by atoms with Gasteiger partial charge in [-0.2, -0.15) is 0 Å². The molecule has 0 radical (unpaired) electrons. The van der Waals surface area contributed by atoms with Crippen molar-refractivity contribution in [1.82, 2.24) is 10.2 Å². The fourth-order valence-electron chi connectivity index (χ4n) is 1.98. The average Bonchev–Trinajstić information content (AvgIpc) is 2.29. The Kier molecular flexibility index (Phi) is 6.52. The zero-order valence-electron chi connectivity index (χ0n) is 10.5. The van der Waals surface area contributed by atoms with E-state index in [2.05, 4.69) is 31.0 Å². The minimum atomic E-state index is -0.0265. The first kappa shape index (κ1) is 14.4. The molecule has 0 heterocycles. The van der Waals surface area contributed by atoms with Gasteiger partial charge in [0.25, 0.3) is 0 Å². The van der Waals surface area contributed by atoms with Crippen molar-refractivity contribution in [2.24, 2.45) is 5.73 Å². The number of nitrogens with one attached hydrogen (secondary N) is 1. The first-order valence-corrected chi connectivity index (χ1v) is 5.75. The number of rotatable bonds is 7. The fourth-order valence-corrected chi connectivity index (χ4v) is 1.98. The van der Waals surface area contributed by atoms with Crippen LogP contribution in [-0.2, 0) is 4.79 Å². The van der Waals surface area contributed by atoms with E-state index >= 15 is 0 Å². The predicted octanol–water partition coefficient (Wildman–Crippen LogP) is 0.572. The summed E-state index contributed by atoms with van der Waals surface area (Å²) >= 11 is 0. The van der Waals surface area contributed by atoms with Crippen LogP contribution >= 0.6 is 0 Å². The topological polar surface area (TPSA) is 58.4 Å². The molecule has 0 fully saturated rings. The molecular formula is C11H25N3O. The van der Waals surface area contributed by atoms with Crippen molar-refractivity contribution in [1.29, 1.82) is 0 Å². The van der Waals surface area contributed by atoms with Gasteiger partial charge in [0.05, 0.1) is 6.54 Å². The Balaban J connectivity index is 4.66. The van der Waals surface area contributed by atoms with Crippen molar-refractivity contribution >= 4 is 5.91 Å². The van der Waals surface area contributed by atoms with Crippen molar-refractivity contribution in [2.45, 2.75) is 39.2 Å². The van der Waals surface area contributed by atoms with Crippen LogP contribution < -0.4 is 11.1 Å². The highest BCUT2D eigenvalue weighted by Gasteiger charge is 2.31. The van der Waals surface area contributed by atoms with E-state index in [1.165, 1.54) is 0 Å². The summed E-state index contributed by atoms with van der Waals surface area (Å²) in [5, 5.41) is 2.65. The molecule has 1 amide bonds. The molecule has 0 saturated carbocycles. The third-order valence-electron chi connectivity index (χ3n) is 3.36. The molecular weight excluding hydrogens is 190 g/mol. The second kappa shape index (κ2) is 6.80. The largest absolute Gasteiger partial charge is 0.358 e. The first-order valence-electron chi connectivity index (χ1n) is 5.75. The molecule has 0 aliphatic heterocycles. The normalized spacial score (nSPS) is 11.9. The van der Waals surface area contributed by atoms with Crippen molar-refractivity contribution < 1.29 is 4.79 Å². The minimum absolute atomic E-state index is 0.0265. The Hall–Kier alpha value is -0.610. The zero-order valence-corrected chi connectivity index (χ0v) is 10.5. The zero-order chi connectivity index (χ0) is 11.9. The molecule has 0 rings (SSSR count). The Bertz CT molecular complexity index is 182. The van der Waals surface area contributed by atoms with Gasteiger partial charge in [0.15, 0.2) is 0 Å². The van der Waals surface area contributed by atoms with Crippen LogP contribution in [0, 0.1) is 0 Å². The lowest BCUT2D eigenvalue weighted by Crippen LogP contribution is -2.55. The molecule has 0 bridgehead atoms. The van der Waals surface area contributed by atoms with Crippen molar-refractivity contribution in [3.8, 4) is 0 Å². The van der Waals surface area contributed by atoms with Crippen LogP contribution in [0.4, 0.5) is 0 Å². The van der Waals surface area contributed by atoms with Gasteiger partial charge in [-0.15, -0.1) is 0 Å². The second-order valence-electron chi connectivity index (χ2n) is 3.82. The molecule has 0 unspecified atom stereocenters. The van der Waals surface area contributed by atoms with Gasteiger partial charge in [0, 0.05) is 19.1 Å². The highest BCUT2D eigenvalue weighted by molar-refractivity contribution is 5.77. The van der Waals surface area contributed by atoms with E-state index in [1.54, 1.807) is 7.05 Å². The SMILES string of the molecule is CCN(CC(=O)NC)C(CC)(CC)CN. The summed E-state index contributed by atoms with van der Waals surface area (Å²) < 4.78 is 0. The fraction of sp³-hybridized carbons (Fsp3) is 0.909. The maximum Gasteiger partial charge on any atom is 0.233 e. The average molecular weight is 215 g/mol. The standard InChI is InChI=1S/C11H25N3O/c1-5-11(6-2,9-12)14(7-3)8-10(15)13-4/h5-9,12H2,1-4H3,(H,13,15). The summed E-state index contributed by atoms with van der Waals surface area (Å²) in [6.07, 6.45) is 1.95. The summed E-state index contributed by atoms with van der Waals surface area (Å²) in [5.41, 5.74) is 5.82. The maximum absolute atomic E-state index is 11.4. The number of nitrogens with two attached hydrogens (primary N) is 1. The van der Waals surface area contributed by atoms with Crippen LogP contribution in [-0.4, -0.2) is 43.0 Å². The van der Waals surface area contributed by atoms with E-state index in [1.807, 2.05) is 0 Å². The van der Waals surface area contributed by atoms with Gasteiger partial charge in [0.1, 0.15) is 0 Å². The summed E-state index contributed by atoms with van der Waals surface area (Å²) in [6.45, 7) is 8.22. The van der Waals surface area contributed by atoms with Crippen LogP contribution in [0.3, 0.4) is 0 Å². The number of carbonyl (C=O) groups is 1. The Morgan fingerprint density at radius 2 is 1.87 bits per heavy atom. The Labute approximate surface area is 93.2 Å². The van der Waals surface area contributed by atoms with Crippen molar-refractivity contribution in [3.63, 3.8) is 0 Å². The van der Waals surface area contributed by atoms with E-state index in [0.717, 1.165) is 19.4 Å². The van der Waals surface area contributed by atoms with Crippen LogP contribution in [0.1, 0.15) is 33.6 Å². The van der Waals surface area contributed by atoms with E-state index in [4.69, 9.17) is 5.73 Å². The smallest absolute Gasteiger partial charge is 0.233 e. The van der Waals surface area contributed by atoms with Gasteiger partial charge in [-0.1, -0.05) is 20.8 Å². The number of nitrogens with zero attached hydrogens (tertiary/aromatic N) is 1. The lowest BCUT2D eigenvalue weighted by atomic mass is 9.90. The van der Waals surface area contributed by atoms with Gasteiger partial charge >= 0.3 is 0 Å². The van der Waals surface area contributed by atoms with Gasteiger partial charge in [0.2, 0.25) is 5.91 Å². The van der Waals surface area contributed by atoms with Gasteiger partial charge in [-0.3, -0.25) is 9.69 Å². The molecule has 0 atom stereocenters. The van der Waals surface area contributed by atoms with E-state index in [9.17, 15) is 4.79 Å². The van der Waals surface area contributed by atoms with Crippen LogP contribution in [0.2, 0.25) is 0 Å². The van der Waals surface area contributed by atoms with Gasteiger partial charge in [-0.25, -0.2) is 0 Å². The van der Waals surface area contributed by atoms with E-state index < -0.39 is 0 Å². The molecule has 0 aromatic rings. The lowest BCUT2D eigenvalue weighted by molar-refractivity contribution is -0.123. The van der Waals surface area contributed by atoms with Gasteiger partial charge in [-0.05, 0) is 19.4 Å². The molecule has 4 nitrogen and oxygen atoms in total. The number of carbonyl (C=O) groups excluding carboxylic acids is 1. The molecule has 0 aliphatic carbocycles. The highest BCUT2D eigenvalue weighted by atomic mass is 16.1. The summed E-state index contributed by atoms with van der Waals surface area (Å²) in [6, 6.07) is 0. The Morgan fingerprint density at radius 3 is 2.13 bits per heavy atom. The predicted molar refractivity (Wildman–Crippen MR) is 63.7 cm³/mol. The summed E-state index contributed by atoms with van der Waals surface area (Å²) in [5.74, 6) is 0.0524. The first-order chi connectivity index (χ1) is 7.10. The molecule has 4 heteroatoms. The third kappa shape index (κ3) is 3.47. The Morgan fingerprint density at radius 1 is 1.33 bits per heavy atom.